The number of nitrogens with zero attached hydrogens (tertiary/aromatic N) is 6. The smallest absolute Gasteiger partial charge is 0.344 e. The third-order valence-electron chi connectivity index (χ3n) is 6.45. The first-order valence-electron chi connectivity index (χ1n) is 12.8. The monoisotopic (exact) mass is 611 g/mol. The molecule has 192 valence electrons. The Morgan fingerprint density at radius 1 is 0.838 bits per heavy atom. The van der Waals surface area contributed by atoms with Crippen LogP contribution >= 0.6 is 22.6 Å². The van der Waals surface area contributed by atoms with Crippen LogP contribution in [0.5, 0.6) is 5.75 Å². The summed E-state index contributed by atoms with van der Waals surface area (Å²) < 4.78 is 6.36. The number of piperidine rings is 2. The van der Waals surface area contributed by atoms with Crippen molar-refractivity contribution in [3.8, 4) is 5.75 Å². The van der Waals surface area contributed by atoms with E-state index in [1.165, 1.54) is 12.8 Å². The molecule has 3 aromatic rings. The number of benzene rings is 2. The molecule has 9 nitrogen and oxygen atoms in total. The fourth-order valence-electron chi connectivity index (χ4n) is 4.45. The van der Waals surface area contributed by atoms with E-state index >= 15 is 0 Å². The van der Waals surface area contributed by atoms with Crippen LogP contribution in [0.15, 0.2) is 53.6 Å². The Morgan fingerprint density at radius 2 is 1.43 bits per heavy atom. The molecule has 0 radical (unpaired) electrons. The number of ether oxygens (including phenoxy) is 1. The Balaban J connectivity index is 1.25. The fourth-order valence-corrected chi connectivity index (χ4v) is 5.06. The minimum Gasteiger partial charge on any atom is -0.423 e. The molecule has 37 heavy (non-hydrogen) atoms. The lowest BCUT2D eigenvalue weighted by atomic mass is 10.1. The Labute approximate surface area is 230 Å². The van der Waals surface area contributed by atoms with Crippen LogP contribution in [-0.4, -0.2) is 53.3 Å². The van der Waals surface area contributed by atoms with Crippen molar-refractivity contribution >= 4 is 52.6 Å². The highest BCUT2D eigenvalue weighted by Crippen LogP contribution is 2.23. The number of hydrogen-bond donors (Lipinski definition) is 1. The lowest BCUT2D eigenvalue weighted by molar-refractivity contribution is 0.0733. The number of nitrogens with one attached hydrogen (secondary N) is 1. The number of hydrogen-bond acceptors (Lipinski definition) is 9. The van der Waals surface area contributed by atoms with E-state index in [9.17, 15) is 4.79 Å². The summed E-state index contributed by atoms with van der Waals surface area (Å²) in [5, 5.41) is 4.36. The minimum atomic E-state index is -0.378. The maximum atomic E-state index is 12.4. The second-order valence-electron chi connectivity index (χ2n) is 9.16. The number of carbonyl (C=O) groups excluding carboxylic acids is 1. The predicted molar refractivity (Wildman–Crippen MR) is 154 cm³/mol. The SMILES string of the molecule is O=C(Oc1ccc(/C=N/Nc2nc(N3CCCCC3)nc(N3CCCCC3)n2)cc1)c1ccccc1I. The molecule has 1 N–H and O–H groups in total. The average molecular weight is 611 g/mol. The molecule has 0 spiro atoms. The normalized spacial score (nSPS) is 16.1. The van der Waals surface area contributed by atoms with Crippen molar-refractivity contribution in [1.29, 1.82) is 0 Å². The van der Waals surface area contributed by atoms with Crippen LogP contribution in [0.3, 0.4) is 0 Å². The first-order valence-corrected chi connectivity index (χ1v) is 13.9. The molecule has 2 aliphatic heterocycles. The Kier molecular flexibility index (Phi) is 8.44. The maximum Gasteiger partial charge on any atom is 0.344 e. The second kappa shape index (κ2) is 12.3. The van der Waals surface area contributed by atoms with Gasteiger partial charge in [-0.3, -0.25) is 0 Å². The van der Waals surface area contributed by atoms with Crippen LogP contribution in [0, 0.1) is 3.57 Å². The van der Waals surface area contributed by atoms with Gasteiger partial charge in [-0.2, -0.15) is 20.1 Å². The zero-order valence-corrected chi connectivity index (χ0v) is 22.8. The molecular weight excluding hydrogens is 581 g/mol. The van der Waals surface area contributed by atoms with Gasteiger partial charge in [-0.1, -0.05) is 12.1 Å². The Bertz CT molecular complexity index is 1200. The van der Waals surface area contributed by atoms with Crippen LogP contribution in [0.1, 0.15) is 54.4 Å². The molecule has 2 aromatic carbocycles. The molecule has 3 heterocycles. The molecule has 2 saturated heterocycles. The summed E-state index contributed by atoms with van der Waals surface area (Å²) in [5.74, 6) is 1.97. The topological polar surface area (TPSA) is 95.8 Å². The molecule has 1 aromatic heterocycles. The van der Waals surface area contributed by atoms with E-state index in [2.05, 4.69) is 52.9 Å². The van der Waals surface area contributed by atoms with Gasteiger partial charge in [-0.05, 0) is 103 Å². The molecule has 2 aliphatic rings. The number of hydrazone groups is 1. The summed E-state index contributed by atoms with van der Waals surface area (Å²) in [5.41, 5.74) is 4.39. The lowest BCUT2D eigenvalue weighted by Crippen LogP contribution is -2.34. The van der Waals surface area contributed by atoms with Gasteiger partial charge in [0, 0.05) is 29.7 Å². The number of halogens is 1. The molecule has 0 amide bonds. The number of esters is 1. The maximum absolute atomic E-state index is 12.4. The number of aromatic nitrogens is 3. The van der Waals surface area contributed by atoms with E-state index in [0.717, 1.165) is 61.0 Å². The average Bonchev–Trinajstić information content (AvgIpc) is 2.95. The van der Waals surface area contributed by atoms with Gasteiger partial charge in [0.25, 0.3) is 0 Å². The largest absolute Gasteiger partial charge is 0.423 e. The predicted octanol–water partition coefficient (Wildman–Crippen LogP) is 5.12. The molecule has 10 heteroatoms. The molecule has 0 saturated carbocycles. The first kappa shape index (κ1) is 25.4. The van der Waals surface area contributed by atoms with Gasteiger partial charge in [0.05, 0.1) is 11.8 Å². The van der Waals surface area contributed by atoms with Gasteiger partial charge in [0.2, 0.25) is 17.8 Å². The summed E-state index contributed by atoms with van der Waals surface area (Å²) in [6.07, 6.45) is 8.81. The molecule has 0 bridgehead atoms. The van der Waals surface area contributed by atoms with Crippen molar-refractivity contribution in [2.75, 3.05) is 41.4 Å². The zero-order valence-electron chi connectivity index (χ0n) is 20.6. The van der Waals surface area contributed by atoms with Gasteiger partial charge in [0.15, 0.2) is 0 Å². The highest BCUT2D eigenvalue weighted by molar-refractivity contribution is 14.1. The third-order valence-corrected chi connectivity index (χ3v) is 7.39. The van der Waals surface area contributed by atoms with Gasteiger partial charge < -0.3 is 14.5 Å². The van der Waals surface area contributed by atoms with Crippen LogP contribution in [-0.2, 0) is 0 Å². The van der Waals surface area contributed by atoms with Crippen LogP contribution in [0.2, 0.25) is 0 Å². The van der Waals surface area contributed by atoms with Crippen molar-refractivity contribution in [3.05, 3.63) is 63.2 Å². The molecule has 2 fully saturated rings. The third kappa shape index (κ3) is 6.73. The summed E-state index contributed by atoms with van der Waals surface area (Å²) in [7, 11) is 0. The van der Waals surface area contributed by atoms with Crippen LogP contribution in [0.25, 0.3) is 0 Å². The van der Waals surface area contributed by atoms with Gasteiger partial charge in [0.1, 0.15) is 5.75 Å². The van der Waals surface area contributed by atoms with Gasteiger partial charge in [-0.15, -0.1) is 0 Å². The summed E-state index contributed by atoms with van der Waals surface area (Å²) in [6, 6.07) is 14.5. The van der Waals surface area contributed by atoms with E-state index in [1.807, 2.05) is 30.3 Å². The van der Waals surface area contributed by atoms with Crippen molar-refractivity contribution < 1.29 is 9.53 Å². The first-order chi connectivity index (χ1) is 18.2. The molecule has 0 atom stereocenters. The van der Waals surface area contributed by atoms with E-state index in [0.29, 0.717) is 29.2 Å². The zero-order chi connectivity index (χ0) is 25.5. The Hall–Kier alpha value is -3.28. The molecule has 0 unspecified atom stereocenters. The highest BCUT2D eigenvalue weighted by atomic mass is 127. The van der Waals surface area contributed by atoms with Crippen molar-refractivity contribution in [2.45, 2.75) is 38.5 Å². The van der Waals surface area contributed by atoms with E-state index in [-0.39, 0.29) is 5.97 Å². The van der Waals surface area contributed by atoms with E-state index in [1.54, 1.807) is 24.4 Å². The summed E-state index contributed by atoms with van der Waals surface area (Å²) in [4.78, 5) is 31.0. The summed E-state index contributed by atoms with van der Waals surface area (Å²) in [6.45, 7) is 3.86. The lowest BCUT2D eigenvalue weighted by Gasteiger charge is -2.30. The number of rotatable bonds is 7. The van der Waals surface area contributed by atoms with Crippen molar-refractivity contribution in [1.82, 2.24) is 15.0 Å². The second-order valence-corrected chi connectivity index (χ2v) is 10.3. The fraction of sp³-hybridized carbons (Fsp3) is 0.370. The van der Waals surface area contributed by atoms with E-state index in [4.69, 9.17) is 9.72 Å². The minimum absolute atomic E-state index is 0.378. The molecular formula is C27H30IN7O2. The number of carbonyl (C=O) groups is 1. The summed E-state index contributed by atoms with van der Waals surface area (Å²) >= 11 is 2.13. The highest BCUT2D eigenvalue weighted by Gasteiger charge is 2.20. The standard InChI is InChI=1S/C27H30IN7O2/c28-23-10-4-3-9-22(23)24(36)37-21-13-11-20(12-14-21)19-29-33-25-30-26(34-15-5-1-6-16-34)32-27(31-25)35-17-7-2-8-18-35/h3-4,9-14,19H,1-2,5-8,15-18H2,(H,30,31,32,33)/b29-19+. The van der Waals surface area contributed by atoms with Gasteiger partial charge >= 0.3 is 5.97 Å². The van der Waals surface area contributed by atoms with Gasteiger partial charge in [-0.25, -0.2) is 10.2 Å². The molecule has 5 rings (SSSR count). The van der Waals surface area contributed by atoms with Crippen molar-refractivity contribution in [2.24, 2.45) is 5.10 Å². The van der Waals surface area contributed by atoms with Crippen LogP contribution < -0.4 is 20.0 Å². The number of anilines is 3. The van der Waals surface area contributed by atoms with Crippen molar-refractivity contribution in [3.63, 3.8) is 0 Å². The van der Waals surface area contributed by atoms with Crippen LogP contribution in [0.4, 0.5) is 17.8 Å². The Morgan fingerprint density at radius 3 is 2.03 bits per heavy atom. The quantitative estimate of drug-likeness (QED) is 0.129. The van der Waals surface area contributed by atoms with E-state index < -0.39 is 0 Å². The molecule has 0 aliphatic carbocycles.